The third-order valence-corrected chi connectivity index (χ3v) is 3.93. The molecule has 1 saturated carbocycles. The van der Waals surface area contributed by atoms with E-state index >= 15 is 0 Å². The number of hydrogen-bond donors (Lipinski definition) is 1. The van der Waals surface area contributed by atoms with Gasteiger partial charge in [-0.15, -0.1) is 5.10 Å². The Balaban J connectivity index is 1.96. The Morgan fingerprint density at radius 1 is 1.40 bits per heavy atom. The fourth-order valence-electron chi connectivity index (χ4n) is 2.43. The Hall–Kier alpha value is -2.24. The molecule has 0 bridgehead atoms. The van der Waals surface area contributed by atoms with Crippen LogP contribution < -0.4 is 0 Å². The molecule has 0 atom stereocenters. The molecule has 1 N–H and O–H groups in total. The van der Waals surface area contributed by atoms with Crippen molar-refractivity contribution in [3.63, 3.8) is 0 Å². The van der Waals surface area contributed by atoms with Crippen LogP contribution in [0.3, 0.4) is 0 Å². The van der Waals surface area contributed by atoms with Gasteiger partial charge in [0.2, 0.25) is 0 Å². The number of hydrogen-bond acceptors (Lipinski definition) is 4. The second-order valence-corrected chi connectivity index (χ2v) is 5.26. The maximum atomic E-state index is 11.3. The van der Waals surface area contributed by atoms with Gasteiger partial charge in [0.05, 0.1) is 12.0 Å². The lowest BCUT2D eigenvalue weighted by molar-refractivity contribution is -0.144. The number of aryl methyl sites for hydroxylation is 1. The summed E-state index contributed by atoms with van der Waals surface area (Å²) >= 11 is 0. The molecule has 0 aliphatic heterocycles. The first-order valence-electron chi connectivity index (χ1n) is 6.74. The standard InChI is InChI=1S/C14H16N4O2/c1-2-10-5-3-4-6-11(10)12-15-16-17-18(12)9-14(7-8-14)13(19)20/h3-6H,2,7-9H2,1H3,(H,19,20). The van der Waals surface area contributed by atoms with E-state index in [-0.39, 0.29) is 0 Å². The van der Waals surface area contributed by atoms with Crippen molar-refractivity contribution in [3.05, 3.63) is 29.8 Å². The molecular weight excluding hydrogens is 256 g/mol. The number of carboxylic acid groups (broad SMARTS) is 1. The molecule has 1 heterocycles. The zero-order valence-electron chi connectivity index (χ0n) is 11.3. The van der Waals surface area contributed by atoms with Crippen LogP contribution in [0.2, 0.25) is 0 Å². The van der Waals surface area contributed by atoms with E-state index < -0.39 is 11.4 Å². The Labute approximate surface area is 116 Å². The fraction of sp³-hybridized carbons (Fsp3) is 0.429. The minimum Gasteiger partial charge on any atom is -0.481 e. The highest BCUT2D eigenvalue weighted by atomic mass is 16.4. The van der Waals surface area contributed by atoms with Crippen molar-refractivity contribution in [1.29, 1.82) is 0 Å². The molecule has 1 aromatic heterocycles. The topological polar surface area (TPSA) is 80.9 Å². The molecule has 0 amide bonds. The highest BCUT2D eigenvalue weighted by molar-refractivity contribution is 5.77. The summed E-state index contributed by atoms with van der Waals surface area (Å²) in [5.41, 5.74) is 1.45. The second-order valence-electron chi connectivity index (χ2n) is 5.26. The molecule has 104 valence electrons. The number of nitrogens with zero attached hydrogens (tertiary/aromatic N) is 4. The zero-order valence-corrected chi connectivity index (χ0v) is 11.3. The molecule has 2 aromatic rings. The summed E-state index contributed by atoms with van der Waals surface area (Å²) in [5, 5.41) is 21.0. The molecule has 1 aliphatic rings. The SMILES string of the molecule is CCc1ccccc1-c1nnnn1CC1(C(=O)O)CC1. The van der Waals surface area contributed by atoms with Gasteiger partial charge in [-0.25, -0.2) is 4.68 Å². The maximum Gasteiger partial charge on any atom is 0.311 e. The molecule has 0 spiro atoms. The minimum atomic E-state index is -0.761. The van der Waals surface area contributed by atoms with Crippen molar-refractivity contribution >= 4 is 5.97 Å². The largest absolute Gasteiger partial charge is 0.481 e. The van der Waals surface area contributed by atoms with Crippen LogP contribution in [0.25, 0.3) is 11.4 Å². The van der Waals surface area contributed by atoms with E-state index in [1.807, 2.05) is 24.3 Å². The first-order chi connectivity index (χ1) is 9.66. The van der Waals surface area contributed by atoms with Gasteiger partial charge < -0.3 is 5.11 Å². The van der Waals surface area contributed by atoms with Crippen molar-refractivity contribution in [2.24, 2.45) is 5.41 Å². The Morgan fingerprint density at radius 3 is 2.80 bits per heavy atom. The number of carboxylic acids is 1. The molecule has 0 radical (unpaired) electrons. The average Bonchev–Trinajstić information content (AvgIpc) is 3.10. The van der Waals surface area contributed by atoms with E-state index in [0.717, 1.165) is 17.5 Å². The molecule has 6 nitrogen and oxygen atoms in total. The minimum absolute atomic E-state index is 0.336. The summed E-state index contributed by atoms with van der Waals surface area (Å²) in [6.07, 6.45) is 2.27. The summed E-state index contributed by atoms with van der Waals surface area (Å²) in [5.74, 6) is -0.113. The van der Waals surface area contributed by atoms with Crippen LogP contribution in [-0.2, 0) is 17.8 Å². The van der Waals surface area contributed by atoms with Gasteiger partial charge in [0.25, 0.3) is 0 Å². The summed E-state index contributed by atoms with van der Waals surface area (Å²) in [6.45, 7) is 2.41. The molecule has 3 rings (SSSR count). The monoisotopic (exact) mass is 272 g/mol. The first-order valence-corrected chi connectivity index (χ1v) is 6.74. The summed E-state index contributed by atoms with van der Waals surface area (Å²) < 4.78 is 1.62. The molecule has 0 unspecified atom stereocenters. The van der Waals surface area contributed by atoms with Gasteiger partial charge in [0.15, 0.2) is 5.82 Å². The molecule has 1 fully saturated rings. The van der Waals surface area contributed by atoms with Crippen LogP contribution in [0.5, 0.6) is 0 Å². The van der Waals surface area contributed by atoms with Crippen LogP contribution in [0.4, 0.5) is 0 Å². The Morgan fingerprint density at radius 2 is 2.15 bits per heavy atom. The number of carbonyl (C=O) groups is 1. The van der Waals surface area contributed by atoms with Crippen LogP contribution in [0.1, 0.15) is 25.3 Å². The lowest BCUT2D eigenvalue weighted by Gasteiger charge is -2.12. The summed E-state index contributed by atoms with van der Waals surface area (Å²) in [7, 11) is 0. The molecular formula is C14H16N4O2. The van der Waals surface area contributed by atoms with Crippen molar-refractivity contribution in [1.82, 2.24) is 20.2 Å². The van der Waals surface area contributed by atoms with Crippen molar-refractivity contribution in [2.75, 3.05) is 0 Å². The van der Waals surface area contributed by atoms with E-state index in [2.05, 4.69) is 22.4 Å². The third-order valence-electron chi connectivity index (χ3n) is 3.93. The normalized spacial score (nSPS) is 16.1. The smallest absolute Gasteiger partial charge is 0.311 e. The highest BCUT2D eigenvalue weighted by Crippen LogP contribution is 2.47. The number of tetrazole rings is 1. The number of rotatable bonds is 5. The average molecular weight is 272 g/mol. The number of aliphatic carboxylic acids is 1. The Bertz CT molecular complexity index is 646. The van der Waals surface area contributed by atoms with E-state index in [1.165, 1.54) is 0 Å². The number of aromatic nitrogens is 4. The van der Waals surface area contributed by atoms with Gasteiger partial charge in [0.1, 0.15) is 0 Å². The quantitative estimate of drug-likeness (QED) is 0.897. The van der Waals surface area contributed by atoms with Crippen molar-refractivity contribution < 1.29 is 9.90 Å². The fourth-order valence-corrected chi connectivity index (χ4v) is 2.43. The van der Waals surface area contributed by atoms with Gasteiger partial charge in [-0.1, -0.05) is 31.2 Å². The van der Waals surface area contributed by atoms with Crippen LogP contribution in [-0.4, -0.2) is 31.3 Å². The highest BCUT2D eigenvalue weighted by Gasteiger charge is 2.51. The van der Waals surface area contributed by atoms with Crippen LogP contribution in [0.15, 0.2) is 24.3 Å². The predicted octanol–water partition coefficient (Wildman–Crippen LogP) is 1.77. The van der Waals surface area contributed by atoms with Crippen molar-refractivity contribution in [2.45, 2.75) is 32.7 Å². The van der Waals surface area contributed by atoms with Gasteiger partial charge >= 0.3 is 5.97 Å². The summed E-state index contributed by atoms with van der Waals surface area (Å²) in [4.78, 5) is 11.3. The predicted molar refractivity (Wildman–Crippen MR) is 71.9 cm³/mol. The van der Waals surface area contributed by atoms with Gasteiger partial charge in [-0.2, -0.15) is 0 Å². The van der Waals surface area contributed by atoms with Gasteiger partial charge in [0, 0.05) is 5.56 Å². The van der Waals surface area contributed by atoms with E-state index in [1.54, 1.807) is 4.68 Å². The molecule has 1 aromatic carbocycles. The summed E-state index contributed by atoms with van der Waals surface area (Å²) in [6, 6.07) is 7.94. The molecule has 0 saturated heterocycles. The van der Waals surface area contributed by atoms with Crippen molar-refractivity contribution in [3.8, 4) is 11.4 Å². The third kappa shape index (κ3) is 2.07. The van der Waals surface area contributed by atoms with Crippen LogP contribution >= 0.6 is 0 Å². The first kappa shape index (κ1) is 12.8. The maximum absolute atomic E-state index is 11.3. The van der Waals surface area contributed by atoms with E-state index in [4.69, 9.17) is 0 Å². The molecule has 6 heteroatoms. The van der Waals surface area contributed by atoms with Gasteiger partial charge in [-0.05, 0) is 35.3 Å². The lowest BCUT2D eigenvalue weighted by atomic mass is 10.0. The van der Waals surface area contributed by atoms with E-state index in [9.17, 15) is 9.90 Å². The van der Waals surface area contributed by atoms with Gasteiger partial charge in [-0.3, -0.25) is 4.79 Å². The Kier molecular flexibility index (Phi) is 3.00. The molecule has 20 heavy (non-hydrogen) atoms. The van der Waals surface area contributed by atoms with Crippen LogP contribution in [0, 0.1) is 5.41 Å². The second kappa shape index (κ2) is 4.70. The van der Waals surface area contributed by atoms with E-state index in [0.29, 0.717) is 25.2 Å². The zero-order chi connectivity index (χ0) is 14.2. The molecule has 1 aliphatic carbocycles. The lowest BCUT2D eigenvalue weighted by Crippen LogP contribution is -2.22. The number of benzene rings is 1.